The standard InChI is InChI=1S/C10H16O2/c1-8(9(2)11)10(12)6-4-3-5-7-10/h12H,1,3-7H2,2H3. The molecule has 0 atom stereocenters. The van der Waals surface area contributed by atoms with Crippen molar-refractivity contribution in [1.82, 2.24) is 0 Å². The lowest BCUT2D eigenvalue weighted by molar-refractivity contribution is -0.116. The Balaban J connectivity index is 2.69. The molecular formula is C10H16O2. The van der Waals surface area contributed by atoms with Gasteiger partial charge in [0.15, 0.2) is 5.78 Å². The molecule has 0 bridgehead atoms. The first-order chi connectivity index (χ1) is 5.56. The van der Waals surface area contributed by atoms with Gasteiger partial charge in [0.25, 0.3) is 0 Å². The second-order valence-electron chi connectivity index (χ2n) is 3.63. The molecule has 1 N–H and O–H groups in total. The number of carbonyl (C=O) groups is 1. The van der Waals surface area contributed by atoms with Gasteiger partial charge in [0, 0.05) is 5.57 Å². The predicted molar refractivity (Wildman–Crippen MR) is 47.9 cm³/mol. The Morgan fingerprint density at radius 1 is 1.33 bits per heavy atom. The molecule has 1 rings (SSSR count). The Labute approximate surface area is 73.3 Å². The van der Waals surface area contributed by atoms with Crippen LogP contribution < -0.4 is 0 Å². The summed E-state index contributed by atoms with van der Waals surface area (Å²) in [6, 6.07) is 0. The molecule has 0 heterocycles. The molecule has 0 amide bonds. The van der Waals surface area contributed by atoms with Crippen LogP contribution in [0.3, 0.4) is 0 Å². The Kier molecular flexibility index (Phi) is 2.68. The van der Waals surface area contributed by atoms with Crippen molar-refractivity contribution in [3.8, 4) is 0 Å². The summed E-state index contributed by atoms with van der Waals surface area (Å²) in [4.78, 5) is 11.0. The highest BCUT2D eigenvalue weighted by molar-refractivity contribution is 5.94. The lowest BCUT2D eigenvalue weighted by Gasteiger charge is -2.32. The van der Waals surface area contributed by atoms with Crippen LogP contribution in [0.2, 0.25) is 0 Å². The molecule has 0 aliphatic heterocycles. The highest BCUT2D eigenvalue weighted by atomic mass is 16.3. The van der Waals surface area contributed by atoms with E-state index < -0.39 is 5.60 Å². The first-order valence-corrected chi connectivity index (χ1v) is 4.49. The van der Waals surface area contributed by atoms with Crippen LogP contribution in [0.15, 0.2) is 12.2 Å². The van der Waals surface area contributed by atoms with E-state index >= 15 is 0 Å². The van der Waals surface area contributed by atoms with Gasteiger partial charge >= 0.3 is 0 Å². The van der Waals surface area contributed by atoms with Gasteiger partial charge in [-0.05, 0) is 19.8 Å². The van der Waals surface area contributed by atoms with Crippen molar-refractivity contribution in [3.05, 3.63) is 12.2 Å². The summed E-state index contributed by atoms with van der Waals surface area (Å²) >= 11 is 0. The fraction of sp³-hybridized carbons (Fsp3) is 0.700. The number of carbonyl (C=O) groups excluding carboxylic acids is 1. The van der Waals surface area contributed by atoms with E-state index in [0.717, 1.165) is 19.3 Å². The highest BCUT2D eigenvalue weighted by Gasteiger charge is 2.33. The minimum atomic E-state index is -0.885. The maximum absolute atomic E-state index is 11.0. The van der Waals surface area contributed by atoms with Gasteiger partial charge in [-0.2, -0.15) is 0 Å². The molecular weight excluding hydrogens is 152 g/mol. The molecule has 0 saturated heterocycles. The third-order valence-electron chi connectivity index (χ3n) is 2.67. The lowest BCUT2D eigenvalue weighted by Crippen LogP contribution is -2.35. The van der Waals surface area contributed by atoms with E-state index in [1.807, 2.05) is 0 Å². The van der Waals surface area contributed by atoms with Gasteiger partial charge in [-0.25, -0.2) is 0 Å². The topological polar surface area (TPSA) is 37.3 Å². The molecule has 1 aliphatic carbocycles. The van der Waals surface area contributed by atoms with Crippen LogP contribution in [0.4, 0.5) is 0 Å². The summed E-state index contributed by atoms with van der Waals surface area (Å²) in [7, 11) is 0. The van der Waals surface area contributed by atoms with Gasteiger partial charge < -0.3 is 5.11 Å². The number of aliphatic hydroxyl groups is 1. The van der Waals surface area contributed by atoms with Crippen LogP contribution >= 0.6 is 0 Å². The molecule has 0 spiro atoms. The average molecular weight is 168 g/mol. The maximum atomic E-state index is 11.0. The van der Waals surface area contributed by atoms with E-state index in [-0.39, 0.29) is 5.78 Å². The third-order valence-corrected chi connectivity index (χ3v) is 2.67. The molecule has 1 aliphatic rings. The normalized spacial score (nSPS) is 21.8. The van der Waals surface area contributed by atoms with Crippen molar-refractivity contribution in [2.24, 2.45) is 0 Å². The number of hydrogen-bond donors (Lipinski definition) is 1. The molecule has 0 aromatic heterocycles. The molecule has 12 heavy (non-hydrogen) atoms. The van der Waals surface area contributed by atoms with Gasteiger partial charge in [0.1, 0.15) is 0 Å². The second kappa shape index (κ2) is 3.40. The summed E-state index contributed by atoms with van der Waals surface area (Å²) in [5.41, 5.74) is -0.494. The monoisotopic (exact) mass is 168 g/mol. The average Bonchev–Trinajstić information content (AvgIpc) is 2.04. The van der Waals surface area contributed by atoms with Crippen LogP contribution in [0, 0.1) is 0 Å². The zero-order chi connectivity index (χ0) is 9.19. The molecule has 0 radical (unpaired) electrons. The molecule has 0 unspecified atom stereocenters. The SMILES string of the molecule is C=C(C(C)=O)C1(O)CCCCC1. The molecule has 1 fully saturated rings. The van der Waals surface area contributed by atoms with Crippen molar-refractivity contribution in [2.45, 2.75) is 44.6 Å². The Morgan fingerprint density at radius 3 is 2.25 bits per heavy atom. The summed E-state index contributed by atoms with van der Waals surface area (Å²) in [6.45, 7) is 5.12. The number of ketones is 1. The predicted octanol–water partition coefficient (Wildman–Crippen LogP) is 1.83. The van der Waals surface area contributed by atoms with Crippen molar-refractivity contribution in [3.63, 3.8) is 0 Å². The van der Waals surface area contributed by atoms with Crippen LogP contribution in [0.25, 0.3) is 0 Å². The zero-order valence-corrected chi connectivity index (χ0v) is 7.60. The fourth-order valence-electron chi connectivity index (χ4n) is 1.77. The van der Waals surface area contributed by atoms with Crippen molar-refractivity contribution in [1.29, 1.82) is 0 Å². The second-order valence-corrected chi connectivity index (χ2v) is 3.63. The first-order valence-electron chi connectivity index (χ1n) is 4.49. The van der Waals surface area contributed by atoms with Crippen LogP contribution in [0.5, 0.6) is 0 Å². The van der Waals surface area contributed by atoms with Gasteiger partial charge in [0.05, 0.1) is 5.60 Å². The van der Waals surface area contributed by atoms with Crippen LogP contribution in [-0.2, 0) is 4.79 Å². The van der Waals surface area contributed by atoms with Crippen LogP contribution in [-0.4, -0.2) is 16.5 Å². The van der Waals surface area contributed by atoms with Gasteiger partial charge in [-0.15, -0.1) is 0 Å². The zero-order valence-electron chi connectivity index (χ0n) is 7.60. The third kappa shape index (κ3) is 1.75. The summed E-state index contributed by atoms with van der Waals surface area (Å²) in [5.74, 6) is -0.0839. The Morgan fingerprint density at radius 2 is 1.83 bits per heavy atom. The first kappa shape index (κ1) is 9.46. The summed E-state index contributed by atoms with van der Waals surface area (Å²) < 4.78 is 0. The summed E-state index contributed by atoms with van der Waals surface area (Å²) in [5, 5.41) is 9.99. The molecule has 0 aromatic rings. The van der Waals surface area contributed by atoms with E-state index in [1.165, 1.54) is 6.92 Å². The number of rotatable bonds is 2. The largest absolute Gasteiger partial charge is 0.385 e. The van der Waals surface area contributed by atoms with Crippen molar-refractivity contribution >= 4 is 5.78 Å². The highest BCUT2D eigenvalue weighted by Crippen LogP contribution is 2.33. The van der Waals surface area contributed by atoms with Gasteiger partial charge in [0.2, 0.25) is 0 Å². The fourth-order valence-corrected chi connectivity index (χ4v) is 1.77. The molecule has 68 valence electrons. The molecule has 0 aromatic carbocycles. The molecule has 2 nitrogen and oxygen atoms in total. The minimum absolute atomic E-state index is 0.0839. The molecule has 1 saturated carbocycles. The van der Waals surface area contributed by atoms with E-state index in [9.17, 15) is 9.90 Å². The maximum Gasteiger partial charge on any atom is 0.158 e. The van der Waals surface area contributed by atoms with E-state index in [4.69, 9.17) is 0 Å². The van der Waals surface area contributed by atoms with Crippen molar-refractivity contribution < 1.29 is 9.90 Å². The van der Waals surface area contributed by atoms with Gasteiger partial charge in [-0.1, -0.05) is 25.8 Å². The number of Topliss-reactive ketones (excluding diaryl/α,β-unsaturated/α-hetero) is 1. The van der Waals surface area contributed by atoms with Gasteiger partial charge in [-0.3, -0.25) is 4.79 Å². The smallest absolute Gasteiger partial charge is 0.158 e. The van der Waals surface area contributed by atoms with Crippen molar-refractivity contribution in [2.75, 3.05) is 0 Å². The minimum Gasteiger partial charge on any atom is -0.385 e. The Bertz CT molecular complexity index is 200. The van der Waals surface area contributed by atoms with E-state index in [1.54, 1.807) is 0 Å². The summed E-state index contributed by atoms with van der Waals surface area (Å²) in [6.07, 6.45) is 4.57. The number of hydrogen-bond acceptors (Lipinski definition) is 2. The quantitative estimate of drug-likeness (QED) is 0.639. The van der Waals surface area contributed by atoms with Crippen LogP contribution in [0.1, 0.15) is 39.0 Å². The Hall–Kier alpha value is -0.630. The molecule has 2 heteroatoms. The lowest BCUT2D eigenvalue weighted by atomic mass is 9.79. The van der Waals surface area contributed by atoms with E-state index in [0.29, 0.717) is 18.4 Å². The van der Waals surface area contributed by atoms with E-state index in [2.05, 4.69) is 6.58 Å².